The van der Waals surface area contributed by atoms with Gasteiger partial charge in [-0.05, 0) is 57.9 Å². The maximum Gasteiger partial charge on any atom is 0.0959 e. The van der Waals surface area contributed by atoms with Gasteiger partial charge in [0.1, 0.15) is 0 Å². The Bertz CT molecular complexity index is 549. The van der Waals surface area contributed by atoms with Crippen molar-refractivity contribution in [3.8, 4) is 0 Å². The molecule has 0 aliphatic heterocycles. The number of hydrogen-bond acceptors (Lipinski definition) is 2. The molecule has 0 saturated carbocycles. The second kappa shape index (κ2) is 4.73. The van der Waals surface area contributed by atoms with E-state index in [2.05, 4.69) is 56.3 Å². The summed E-state index contributed by atoms with van der Waals surface area (Å²) in [7, 11) is 0. The van der Waals surface area contributed by atoms with E-state index in [1.54, 1.807) is 0 Å². The van der Waals surface area contributed by atoms with Crippen LogP contribution in [-0.2, 0) is 11.3 Å². The SMILES string of the molecule is Cc1cc2ncn(CCOC(C)(C)C)c2cc1C. The van der Waals surface area contributed by atoms with Gasteiger partial charge in [-0.2, -0.15) is 0 Å². The van der Waals surface area contributed by atoms with Gasteiger partial charge >= 0.3 is 0 Å². The van der Waals surface area contributed by atoms with Gasteiger partial charge in [-0.1, -0.05) is 0 Å². The van der Waals surface area contributed by atoms with E-state index in [0.717, 1.165) is 12.1 Å². The van der Waals surface area contributed by atoms with Gasteiger partial charge in [-0.25, -0.2) is 4.98 Å². The lowest BCUT2D eigenvalue weighted by Crippen LogP contribution is -2.21. The molecule has 3 nitrogen and oxygen atoms in total. The summed E-state index contributed by atoms with van der Waals surface area (Å²) in [5.74, 6) is 0. The van der Waals surface area contributed by atoms with E-state index in [1.165, 1.54) is 16.6 Å². The number of benzene rings is 1. The van der Waals surface area contributed by atoms with Crippen molar-refractivity contribution < 1.29 is 4.74 Å². The van der Waals surface area contributed by atoms with Crippen LogP contribution in [0.1, 0.15) is 31.9 Å². The minimum atomic E-state index is -0.0805. The Morgan fingerprint density at radius 3 is 2.50 bits per heavy atom. The third-order valence-electron chi connectivity index (χ3n) is 3.10. The number of aromatic nitrogens is 2. The van der Waals surface area contributed by atoms with E-state index in [-0.39, 0.29) is 5.60 Å². The first-order valence-corrected chi connectivity index (χ1v) is 6.43. The summed E-state index contributed by atoms with van der Waals surface area (Å²) in [6, 6.07) is 4.35. The first-order valence-electron chi connectivity index (χ1n) is 6.43. The maximum atomic E-state index is 5.76. The van der Waals surface area contributed by atoms with Crippen LogP contribution in [0.15, 0.2) is 18.5 Å². The lowest BCUT2D eigenvalue weighted by Gasteiger charge is -2.19. The molecule has 2 aromatic rings. The molecule has 0 atom stereocenters. The topological polar surface area (TPSA) is 27.1 Å². The van der Waals surface area contributed by atoms with Crippen LogP contribution in [-0.4, -0.2) is 21.8 Å². The number of aryl methyl sites for hydroxylation is 2. The van der Waals surface area contributed by atoms with Gasteiger partial charge in [0.25, 0.3) is 0 Å². The number of rotatable bonds is 3. The summed E-state index contributed by atoms with van der Waals surface area (Å²) in [4.78, 5) is 4.44. The molecule has 0 aliphatic rings. The molecule has 18 heavy (non-hydrogen) atoms. The highest BCUT2D eigenvalue weighted by molar-refractivity contribution is 5.77. The Labute approximate surface area is 109 Å². The fraction of sp³-hybridized carbons (Fsp3) is 0.533. The second-order valence-electron chi connectivity index (χ2n) is 5.82. The summed E-state index contributed by atoms with van der Waals surface area (Å²) >= 11 is 0. The molecule has 1 aromatic heterocycles. The van der Waals surface area contributed by atoms with Crippen molar-refractivity contribution in [3.63, 3.8) is 0 Å². The van der Waals surface area contributed by atoms with Gasteiger partial charge in [0, 0.05) is 6.54 Å². The molecule has 1 heterocycles. The Morgan fingerprint density at radius 2 is 1.83 bits per heavy atom. The number of fused-ring (bicyclic) bond motifs is 1. The van der Waals surface area contributed by atoms with E-state index in [1.807, 2.05) is 6.33 Å². The lowest BCUT2D eigenvalue weighted by molar-refractivity contribution is -0.00649. The van der Waals surface area contributed by atoms with Crippen LogP contribution in [0.3, 0.4) is 0 Å². The van der Waals surface area contributed by atoms with Crippen molar-refractivity contribution >= 4 is 11.0 Å². The van der Waals surface area contributed by atoms with Crippen molar-refractivity contribution in [2.45, 2.75) is 46.8 Å². The van der Waals surface area contributed by atoms with Gasteiger partial charge in [0.15, 0.2) is 0 Å². The van der Waals surface area contributed by atoms with Crippen LogP contribution in [0.4, 0.5) is 0 Å². The van der Waals surface area contributed by atoms with E-state index >= 15 is 0 Å². The molecule has 2 rings (SSSR count). The average Bonchev–Trinajstić information content (AvgIpc) is 2.60. The van der Waals surface area contributed by atoms with E-state index < -0.39 is 0 Å². The zero-order chi connectivity index (χ0) is 13.3. The van der Waals surface area contributed by atoms with Crippen LogP contribution in [0.25, 0.3) is 11.0 Å². The Hall–Kier alpha value is -1.35. The number of nitrogens with zero attached hydrogens (tertiary/aromatic N) is 2. The van der Waals surface area contributed by atoms with Gasteiger partial charge in [-0.15, -0.1) is 0 Å². The maximum absolute atomic E-state index is 5.76. The zero-order valence-electron chi connectivity index (χ0n) is 11.9. The summed E-state index contributed by atoms with van der Waals surface area (Å²) < 4.78 is 7.92. The van der Waals surface area contributed by atoms with E-state index in [4.69, 9.17) is 4.74 Å². The van der Waals surface area contributed by atoms with Crippen molar-refractivity contribution in [2.24, 2.45) is 0 Å². The molecule has 0 amide bonds. The van der Waals surface area contributed by atoms with Crippen LogP contribution in [0.5, 0.6) is 0 Å². The predicted octanol–water partition coefficient (Wildman–Crippen LogP) is 3.47. The molecule has 3 heteroatoms. The highest BCUT2D eigenvalue weighted by Crippen LogP contribution is 2.18. The van der Waals surface area contributed by atoms with Gasteiger partial charge in [-0.3, -0.25) is 0 Å². The quantitative estimate of drug-likeness (QED) is 0.829. The Morgan fingerprint density at radius 1 is 1.17 bits per heavy atom. The highest BCUT2D eigenvalue weighted by Gasteiger charge is 2.10. The van der Waals surface area contributed by atoms with Gasteiger partial charge in [0.2, 0.25) is 0 Å². The smallest absolute Gasteiger partial charge is 0.0959 e. The number of ether oxygens (including phenoxy) is 1. The third-order valence-corrected chi connectivity index (χ3v) is 3.10. The zero-order valence-corrected chi connectivity index (χ0v) is 11.9. The molecule has 0 unspecified atom stereocenters. The number of hydrogen-bond donors (Lipinski definition) is 0. The molecular formula is C15H22N2O. The largest absolute Gasteiger partial charge is 0.374 e. The first kappa shape index (κ1) is 13.1. The molecule has 0 radical (unpaired) electrons. The Balaban J connectivity index is 2.17. The van der Waals surface area contributed by atoms with Crippen molar-refractivity contribution in [2.75, 3.05) is 6.61 Å². The van der Waals surface area contributed by atoms with E-state index in [0.29, 0.717) is 6.61 Å². The molecule has 1 aromatic carbocycles. The van der Waals surface area contributed by atoms with Crippen LogP contribution >= 0.6 is 0 Å². The molecule has 98 valence electrons. The average molecular weight is 246 g/mol. The minimum absolute atomic E-state index is 0.0805. The fourth-order valence-corrected chi connectivity index (χ4v) is 1.94. The summed E-state index contributed by atoms with van der Waals surface area (Å²) in [5, 5.41) is 0. The van der Waals surface area contributed by atoms with Crippen LogP contribution in [0.2, 0.25) is 0 Å². The fourth-order valence-electron chi connectivity index (χ4n) is 1.94. The first-order chi connectivity index (χ1) is 8.37. The second-order valence-corrected chi connectivity index (χ2v) is 5.82. The summed E-state index contributed by atoms with van der Waals surface area (Å²) in [5.41, 5.74) is 4.77. The van der Waals surface area contributed by atoms with Crippen molar-refractivity contribution in [3.05, 3.63) is 29.6 Å². The molecule has 0 fully saturated rings. The Kier molecular flexibility index (Phi) is 3.44. The molecule has 0 spiro atoms. The number of imidazole rings is 1. The molecule has 0 bridgehead atoms. The van der Waals surface area contributed by atoms with Gasteiger partial charge < -0.3 is 9.30 Å². The lowest BCUT2D eigenvalue weighted by atomic mass is 10.1. The molecule has 0 N–H and O–H groups in total. The predicted molar refractivity (Wildman–Crippen MR) is 74.9 cm³/mol. The van der Waals surface area contributed by atoms with Crippen LogP contribution < -0.4 is 0 Å². The minimum Gasteiger partial charge on any atom is -0.374 e. The molecule has 0 saturated heterocycles. The van der Waals surface area contributed by atoms with E-state index in [9.17, 15) is 0 Å². The highest BCUT2D eigenvalue weighted by atomic mass is 16.5. The molecular weight excluding hydrogens is 224 g/mol. The monoisotopic (exact) mass is 246 g/mol. The standard InChI is InChI=1S/C15H22N2O/c1-11-8-13-14(9-12(11)2)17(10-16-13)6-7-18-15(3,4)5/h8-10H,6-7H2,1-5H3. The normalized spacial score (nSPS) is 12.3. The third kappa shape index (κ3) is 2.91. The van der Waals surface area contributed by atoms with Gasteiger partial charge in [0.05, 0.1) is 29.6 Å². The van der Waals surface area contributed by atoms with Crippen molar-refractivity contribution in [1.29, 1.82) is 0 Å². The summed E-state index contributed by atoms with van der Waals surface area (Å²) in [6.07, 6.45) is 1.90. The summed E-state index contributed by atoms with van der Waals surface area (Å²) in [6.45, 7) is 12.0. The molecule has 0 aliphatic carbocycles. The van der Waals surface area contributed by atoms with Crippen LogP contribution in [0, 0.1) is 13.8 Å². The van der Waals surface area contributed by atoms with Crippen molar-refractivity contribution in [1.82, 2.24) is 9.55 Å².